The van der Waals surface area contributed by atoms with Gasteiger partial charge in [-0.1, -0.05) is 11.6 Å². The molecule has 0 unspecified atom stereocenters. The Hall–Kier alpha value is -2.17. The second-order valence-electron chi connectivity index (χ2n) is 3.70. The van der Waals surface area contributed by atoms with Gasteiger partial charge in [-0.3, -0.25) is 4.72 Å². The Balaban J connectivity index is 2.40. The number of nitrogens with one attached hydrogen (secondary N) is 1. The van der Waals surface area contributed by atoms with E-state index in [1.54, 1.807) is 0 Å². The van der Waals surface area contributed by atoms with Gasteiger partial charge in [-0.15, -0.1) is 0 Å². The molecule has 0 aliphatic heterocycles. The zero-order valence-electron chi connectivity index (χ0n) is 9.84. The molecule has 0 aliphatic rings. The highest BCUT2D eigenvalue weighted by molar-refractivity contribution is 7.92. The van der Waals surface area contributed by atoms with Gasteiger partial charge < -0.3 is 0 Å². The lowest BCUT2D eigenvalue weighted by Gasteiger charge is -2.09. The molecule has 1 N–H and O–H groups in total. The van der Waals surface area contributed by atoms with E-state index in [0.29, 0.717) is 0 Å². The summed E-state index contributed by atoms with van der Waals surface area (Å²) in [5.74, 6) is -0.968. The first-order valence-corrected chi connectivity index (χ1v) is 7.13. The van der Waals surface area contributed by atoms with Crippen LogP contribution in [0.1, 0.15) is 5.56 Å². The van der Waals surface area contributed by atoms with Gasteiger partial charge >= 0.3 is 0 Å². The van der Waals surface area contributed by atoms with E-state index in [1.807, 2.05) is 6.07 Å². The number of rotatable bonds is 3. The Morgan fingerprint density at radius 3 is 2.70 bits per heavy atom. The molecular formula is C12H7ClFN3O2S. The van der Waals surface area contributed by atoms with Crippen molar-refractivity contribution in [1.82, 2.24) is 4.98 Å². The number of aromatic nitrogens is 1. The Labute approximate surface area is 119 Å². The molecule has 0 amide bonds. The minimum Gasteiger partial charge on any atom is -0.277 e. The number of nitrogens with zero attached hydrogens (tertiary/aromatic N) is 2. The molecule has 0 atom stereocenters. The molecule has 0 aliphatic carbocycles. The van der Waals surface area contributed by atoms with Crippen LogP contribution in [0.5, 0.6) is 0 Å². The Morgan fingerprint density at radius 2 is 2.10 bits per heavy atom. The van der Waals surface area contributed by atoms with Gasteiger partial charge in [-0.25, -0.2) is 9.37 Å². The number of benzene rings is 1. The van der Waals surface area contributed by atoms with Crippen molar-refractivity contribution in [1.29, 1.82) is 5.26 Å². The van der Waals surface area contributed by atoms with Crippen LogP contribution in [-0.2, 0) is 10.0 Å². The molecular weight excluding hydrogens is 305 g/mol. The maximum absolute atomic E-state index is 13.4. The average Bonchev–Trinajstić information content (AvgIpc) is 2.41. The number of nitriles is 1. The van der Waals surface area contributed by atoms with Gasteiger partial charge in [0, 0.05) is 6.20 Å². The van der Waals surface area contributed by atoms with E-state index < -0.39 is 20.9 Å². The molecule has 1 heterocycles. The van der Waals surface area contributed by atoms with Crippen molar-refractivity contribution in [3.8, 4) is 6.07 Å². The van der Waals surface area contributed by atoms with Crippen molar-refractivity contribution in [2.75, 3.05) is 4.72 Å². The highest BCUT2D eigenvalue weighted by Gasteiger charge is 2.21. The van der Waals surface area contributed by atoms with Crippen molar-refractivity contribution in [2.24, 2.45) is 0 Å². The summed E-state index contributed by atoms with van der Waals surface area (Å²) in [5, 5.41) is 8.00. The van der Waals surface area contributed by atoms with Gasteiger partial charge in [0.05, 0.1) is 22.3 Å². The second-order valence-corrected chi connectivity index (χ2v) is 5.71. The van der Waals surface area contributed by atoms with Gasteiger partial charge in [-0.2, -0.15) is 13.7 Å². The monoisotopic (exact) mass is 311 g/mol. The van der Waals surface area contributed by atoms with Crippen LogP contribution in [0.3, 0.4) is 0 Å². The largest absolute Gasteiger partial charge is 0.282 e. The molecule has 0 fully saturated rings. The van der Waals surface area contributed by atoms with E-state index in [4.69, 9.17) is 16.9 Å². The van der Waals surface area contributed by atoms with Crippen molar-refractivity contribution < 1.29 is 12.8 Å². The first-order valence-electron chi connectivity index (χ1n) is 5.27. The fourth-order valence-electron chi connectivity index (χ4n) is 1.43. The number of anilines is 1. The fraction of sp³-hybridized carbons (Fsp3) is 0. The standard InChI is InChI=1S/C12H7ClFN3O2S/c13-9-6-8(7-15)3-4-11(9)17-20(18,19)12-10(14)2-1-5-16-12/h1-6,17H. The summed E-state index contributed by atoms with van der Waals surface area (Å²) < 4.78 is 39.6. The number of sulfonamides is 1. The summed E-state index contributed by atoms with van der Waals surface area (Å²) in [5.41, 5.74) is 0.317. The summed E-state index contributed by atoms with van der Waals surface area (Å²) in [7, 11) is -4.19. The molecule has 1 aromatic carbocycles. The molecule has 0 spiro atoms. The highest BCUT2D eigenvalue weighted by Crippen LogP contribution is 2.25. The zero-order chi connectivity index (χ0) is 14.8. The SMILES string of the molecule is N#Cc1ccc(NS(=O)(=O)c2ncccc2F)c(Cl)c1. The van der Waals surface area contributed by atoms with Crippen LogP contribution < -0.4 is 4.72 Å². The molecule has 8 heteroatoms. The average molecular weight is 312 g/mol. The van der Waals surface area contributed by atoms with E-state index in [0.717, 1.165) is 12.3 Å². The molecule has 1 aromatic heterocycles. The van der Waals surface area contributed by atoms with Gasteiger partial charge in [0.25, 0.3) is 10.0 Å². The zero-order valence-corrected chi connectivity index (χ0v) is 11.4. The lowest BCUT2D eigenvalue weighted by Crippen LogP contribution is -2.16. The van der Waals surface area contributed by atoms with Crippen LogP contribution in [0.4, 0.5) is 10.1 Å². The summed E-state index contributed by atoms with van der Waals surface area (Å²) in [6.45, 7) is 0. The second kappa shape index (κ2) is 5.45. The predicted molar refractivity (Wildman–Crippen MR) is 71.2 cm³/mol. The molecule has 5 nitrogen and oxygen atoms in total. The van der Waals surface area contributed by atoms with Crippen LogP contribution in [0, 0.1) is 17.1 Å². The smallest absolute Gasteiger partial charge is 0.277 e. The van der Waals surface area contributed by atoms with Crippen molar-refractivity contribution in [3.05, 3.63) is 52.9 Å². The first-order chi connectivity index (χ1) is 9.44. The van der Waals surface area contributed by atoms with Crippen molar-refractivity contribution in [3.63, 3.8) is 0 Å². The number of halogens is 2. The third kappa shape index (κ3) is 2.87. The highest BCUT2D eigenvalue weighted by atomic mass is 35.5. The van der Waals surface area contributed by atoms with E-state index in [2.05, 4.69) is 9.71 Å². The van der Waals surface area contributed by atoms with Crippen molar-refractivity contribution >= 4 is 27.3 Å². The van der Waals surface area contributed by atoms with E-state index in [-0.39, 0.29) is 16.3 Å². The van der Waals surface area contributed by atoms with Gasteiger partial charge in [-0.05, 0) is 30.3 Å². The van der Waals surface area contributed by atoms with Crippen molar-refractivity contribution in [2.45, 2.75) is 5.03 Å². The Bertz CT molecular complexity index is 803. The molecule has 0 saturated carbocycles. The number of pyridine rings is 1. The van der Waals surface area contributed by atoms with Crippen LogP contribution in [0.15, 0.2) is 41.6 Å². The predicted octanol–water partition coefficient (Wildman–Crippen LogP) is 2.55. The van der Waals surface area contributed by atoms with E-state index >= 15 is 0 Å². The normalized spacial score (nSPS) is 10.8. The van der Waals surface area contributed by atoms with Crippen LogP contribution in [0.2, 0.25) is 5.02 Å². The number of hydrogen-bond donors (Lipinski definition) is 1. The van der Waals surface area contributed by atoms with E-state index in [9.17, 15) is 12.8 Å². The molecule has 0 bridgehead atoms. The molecule has 20 heavy (non-hydrogen) atoms. The van der Waals surface area contributed by atoms with Gasteiger partial charge in [0.15, 0.2) is 5.82 Å². The third-order valence-corrected chi connectivity index (χ3v) is 3.93. The lowest BCUT2D eigenvalue weighted by molar-refractivity contribution is 0.557. The summed E-state index contributed by atoms with van der Waals surface area (Å²) >= 11 is 5.85. The Kier molecular flexibility index (Phi) is 3.88. The molecule has 0 radical (unpaired) electrons. The fourth-order valence-corrected chi connectivity index (χ4v) is 2.80. The molecule has 2 aromatic rings. The molecule has 0 saturated heterocycles. The van der Waals surface area contributed by atoms with Gasteiger partial charge in [0.1, 0.15) is 0 Å². The molecule has 2 rings (SSSR count). The Morgan fingerprint density at radius 1 is 1.35 bits per heavy atom. The summed E-state index contributed by atoms with van der Waals surface area (Å²) in [6.07, 6.45) is 1.16. The maximum Gasteiger partial charge on any atom is 0.282 e. The van der Waals surface area contributed by atoms with Crippen LogP contribution >= 0.6 is 11.6 Å². The first kappa shape index (κ1) is 14.2. The quantitative estimate of drug-likeness (QED) is 0.944. The van der Waals surface area contributed by atoms with Crippen LogP contribution in [-0.4, -0.2) is 13.4 Å². The minimum atomic E-state index is -4.19. The third-order valence-electron chi connectivity index (χ3n) is 2.32. The lowest BCUT2D eigenvalue weighted by atomic mass is 10.2. The maximum atomic E-state index is 13.4. The van der Waals surface area contributed by atoms with Gasteiger partial charge in [0.2, 0.25) is 5.03 Å². The summed E-state index contributed by atoms with van der Waals surface area (Å²) in [4.78, 5) is 3.49. The van der Waals surface area contributed by atoms with E-state index in [1.165, 1.54) is 24.3 Å². The molecule has 102 valence electrons. The minimum absolute atomic E-state index is 0.0314. The van der Waals surface area contributed by atoms with Crippen LogP contribution in [0.25, 0.3) is 0 Å². The number of hydrogen-bond acceptors (Lipinski definition) is 4. The summed E-state index contributed by atoms with van der Waals surface area (Å²) in [6, 6.07) is 8.14. The topological polar surface area (TPSA) is 82.9 Å².